The van der Waals surface area contributed by atoms with Gasteiger partial charge < -0.3 is 5.11 Å². The first kappa shape index (κ1) is 14.1. The Balaban J connectivity index is 2.70. The lowest BCUT2D eigenvalue weighted by Gasteiger charge is -2.10. The fourth-order valence-electron chi connectivity index (χ4n) is 1.48. The van der Waals surface area contributed by atoms with E-state index in [2.05, 4.69) is 0 Å². The second-order valence-electron chi connectivity index (χ2n) is 3.51. The Morgan fingerprint density at radius 3 is 2.00 bits per heavy atom. The molecule has 18 heavy (non-hydrogen) atoms. The number of phenols is 1. The second-order valence-corrected chi connectivity index (χ2v) is 5.48. The van der Waals surface area contributed by atoms with Crippen molar-refractivity contribution >= 4 is 58.0 Å². The highest BCUT2D eigenvalue weighted by atomic mass is 35.5. The first-order valence-corrected chi connectivity index (χ1v) is 6.62. The summed E-state index contributed by atoms with van der Waals surface area (Å²) in [5.74, 6) is -0.0850. The van der Waals surface area contributed by atoms with Crippen LogP contribution in [0, 0.1) is 0 Å². The van der Waals surface area contributed by atoms with E-state index >= 15 is 0 Å². The molecule has 0 saturated heterocycles. The number of hydrogen-bond donors (Lipinski definition) is 1. The molecule has 0 spiro atoms. The van der Waals surface area contributed by atoms with Crippen molar-refractivity contribution in [2.24, 2.45) is 0 Å². The van der Waals surface area contributed by atoms with Crippen LogP contribution in [0.2, 0.25) is 25.1 Å². The van der Waals surface area contributed by atoms with Crippen LogP contribution in [0.25, 0.3) is 11.1 Å². The minimum Gasteiger partial charge on any atom is -0.506 e. The van der Waals surface area contributed by atoms with E-state index in [1.165, 1.54) is 12.1 Å². The van der Waals surface area contributed by atoms with Crippen molar-refractivity contribution in [3.05, 3.63) is 49.4 Å². The molecule has 0 aromatic heterocycles. The van der Waals surface area contributed by atoms with Crippen LogP contribution in [-0.4, -0.2) is 5.11 Å². The predicted molar refractivity (Wildman–Crippen MR) is 78.6 cm³/mol. The van der Waals surface area contributed by atoms with Gasteiger partial charge in [-0.3, -0.25) is 0 Å². The van der Waals surface area contributed by atoms with Gasteiger partial charge in [-0.15, -0.1) is 0 Å². The maximum atomic E-state index is 9.61. The Hall–Kier alpha value is -0.310. The summed E-state index contributed by atoms with van der Waals surface area (Å²) in [5, 5.41) is 11.0. The molecule has 0 heterocycles. The van der Waals surface area contributed by atoms with E-state index in [0.29, 0.717) is 21.2 Å². The molecule has 6 heteroatoms. The highest BCUT2D eigenvalue weighted by Crippen LogP contribution is 2.42. The van der Waals surface area contributed by atoms with Gasteiger partial charge in [0.2, 0.25) is 0 Å². The minimum atomic E-state index is -0.0850. The highest BCUT2D eigenvalue weighted by Gasteiger charge is 2.15. The molecule has 2 rings (SSSR count). The zero-order valence-electron chi connectivity index (χ0n) is 8.65. The Labute approximate surface area is 129 Å². The van der Waals surface area contributed by atoms with Crippen molar-refractivity contribution in [2.75, 3.05) is 0 Å². The molecule has 0 atom stereocenters. The van der Waals surface area contributed by atoms with Crippen LogP contribution < -0.4 is 0 Å². The number of hydrogen-bond acceptors (Lipinski definition) is 1. The summed E-state index contributed by atoms with van der Waals surface area (Å²) in [6.07, 6.45) is 0. The molecule has 0 aliphatic rings. The standard InChI is InChI=1S/C12H5Cl5O/c13-7-2-1-5(11(16)12(7)17)6-3-10(18)9(15)4-8(6)14/h1-4,18H. The van der Waals surface area contributed by atoms with Crippen molar-refractivity contribution in [3.63, 3.8) is 0 Å². The molecule has 0 aliphatic carbocycles. The summed E-state index contributed by atoms with van der Waals surface area (Å²) in [6.45, 7) is 0. The van der Waals surface area contributed by atoms with Gasteiger partial charge in [0.25, 0.3) is 0 Å². The summed E-state index contributed by atoms with van der Waals surface area (Å²) in [6, 6.07) is 6.14. The largest absolute Gasteiger partial charge is 0.506 e. The molecule has 0 aliphatic heterocycles. The summed E-state index contributed by atoms with van der Waals surface area (Å²) in [5.41, 5.74) is 1.10. The van der Waals surface area contributed by atoms with E-state index in [1.807, 2.05) is 0 Å². The number of aromatic hydroxyl groups is 1. The number of halogens is 5. The fourth-order valence-corrected chi connectivity index (χ4v) is 2.60. The zero-order chi connectivity index (χ0) is 13.4. The Morgan fingerprint density at radius 2 is 1.33 bits per heavy atom. The number of benzene rings is 2. The van der Waals surface area contributed by atoms with Gasteiger partial charge in [0.1, 0.15) is 5.75 Å². The van der Waals surface area contributed by atoms with Crippen LogP contribution >= 0.6 is 58.0 Å². The Bertz CT molecular complexity index is 624. The van der Waals surface area contributed by atoms with Gasteiger partial charge in [-0.1, -0.05) is 64.1 Å². The third kappa shape index (κ3) is 2.52. The van der Waals surface area contributed by atoms with Gasteiger partial charge in [0.05, 0.1) is 25.1 Å². The molecule has 2 aromatic carbocycles. The van der Waals surface area contributed by atoms with Gasteiger partial charge in [0.15, 0.2) is 0 Å². The van der Waals surface area contributed by atoms with Gasteiger partial charge in [-0.25, -0.2) is 0 Å². The van der Waals surface area contributed by atoms with Crippen LogP contribution in [0.5, 0.6) is 5.75 Å². The minimum absolute atomic E-state index is 0.0850. The normalized spacial score (nSPS) is 10.7. The Kier molecular flexibility index (Phi) is 4.20. The second kappa shape index (κ2) is 5.36. The lowest BCUT2D eigenvalue weighted by Crippen LogP contribution is -1.84. The predicted octanol–water partition coefficient (Wildman–Crippen LogP) is 6.33. The SMILES string of the molecule is Oc1cc(-c2ccc(Cl)c(Cl)c2Cl)c(Cl)cc1Cl. The number of rotatable bonds is 1. The molecular weight excluding hydrogens is 337 g/mol. The van der Waals surface area contributed by atoms with E-state index in [0.717, 1.165) is 0 Å². The third-order valence-corrected chi connectivity index (χ3v) is 4.27. The monoisotopic (exact) mass is 340 g/mol. The molecule has 1 N–H and O–H groups in total. The van der Waals surface area contributed by atoms with Gasteiger partial charge >= 0.3 is 0 Å². The van der Waals surface area contributed by atoms with Gasteiger partial charge in [-0.2, -0.15) is 0 Å². The van der Waals surface area contributed by atoms with Crippen molar-refractivity contribution in [1.82, 2.24) is 0 Å². The molecule has 94 valence electrons. The van der Waals surface area contributed by atoms with Crippen LogP contribution in [0.4, 0.5) is 0 Å². The van der Waals surface area contributed by atoms with Crippen molar-refractivity contribution in [3.8, 4) is 16.9 Å². The molecule has 2 aromatic rings. The summed E-state index contributed by atoms with van der Waals surface area (Å²) in [7, 11) is 0. The summed E-state index contributed by atoms with van der Waals surface area (Å²) in [4.78, 5) is 0. The molecular formula is C12H5Cl5O. The number of phenolic OH excluding ortho intramolecular Hbond substituents is 1. The lowest BCUT2D eigenvalue weighted by molar-refractivity contribution is 0.476. The highest BCUT2D eigenvalue weighted by molar-refractivity contribution is 6.49. The molecule has 0 unspecified atom stereocenters. The van der Waals surface area contributed by atoms with Crippen molar-refractivity contribution in [1.29, 1.82) is 0 Å². The van der Waals surface area contributed by atoms with E-state index in [-0.39, 0.29) is 20.8 Å². The molecule has 1 nitrogen and oxygen atoms in total. The first-order valence-electron chi connectivity index (χ1n) is 4.73. The zero-order valence-corrected chi connectivity index (χ0v) is 12.4. The smallest absolute Gasteiger partial charge is 0.134 e. The van der Waals surface area contributed by atoms with Crippen LogP contribution in [-0.2, 0) is 0 Å². The van der Waals surface area contributed by atoms with Crippen molar-refractivity contribution in [2.45, 2.75) is 0 Å². The molecule has 0 fully saturated rings. The van der Waals surface area contributed by atoms with Crippen molar-refractivity contribution < 1.29 is 5.11 Å². The van der Waals surface area contributed by atoms with Crippen LogP contribution in [0.3, 0.4) is 0 Å². The van der Waals surface area contributed by atoms with E-state index < -0.39 is 0 Å². The topological polar surface area (TPSA) is 20.2 Å². The average Bonchev–Trinajstić information content (AvgIpc) is 2.32. The van der Waals surface area contributed by atoms with E-state index in [4.69, 9.17) is 58.0 Å². The van der Waals surface area contributed by atoms with E-state index in [1.54, 1.807) is 12.1 Å². The van der Waals surface area contributed by atoms with Gasteiger partial charge in [-0.05, 0) is 18.2 Å². The van der Waals surface area contributed by atoms with Gasteiger partial charge in [0, 0.05) is 11.1 Å². The molecule has 0 bridgehead atoms. The quantitative estimate of drug-likeness (QED) is 0.601. The third-order valence-electron chi connectivity index (χ3n) is 2.36. The lowest BCUT2D eigenvalue weighted by atomic mass is 10.1. The molecule has 0 radical (unpaired) electrons. The van der Waals surface area contributed by atoms with E-state index in [9.17, 15) is 5.11 Å². The maximum Gasteiger partial charge on any atom is 0.134 e. The molecule has 0 saturated carbocycles. The molecule has 0 amide bonds. The average molecular weight is 342 g/mol. The van der Waals surface area contributed by atoms with Crippen LogP contribution in [0.1, 0.15) is 0 Å². The maximum absolute atomic E-state index is 9.61. The summed E-state index contributed by atoms with van der Waals surface area (Å²) >= 11 is 29.7. The Morgan fingerprint density at radius 1 is 0.667 bits per heavy atom. The summed E-state index contributed by atoms with van der Waals surface area (Å²) < 4.78 is 0. The first-order chi connectivity index (χ1) is 8.41. The fraction of sp³-hybridized carbons (Fsp3) is 0. The van der Waals surface area contributed by atoms with Crippen LogP contribution in [0.15, 0.2) is 24.3 Å².